The number of aryl methyl sites for hydroxylation is 1. The lowest BCUT2D eigenvalue weighted by atomic mass is 10.3. The summed E-state index contributed by atoms with van der Waals surface area (Å²) in [7, 11) is 1.29. The van der Waals surface area contributed by atoms with Crippen molar-refractivity contribution in [3.05, 3.63) is 17.5 Å². The van der Waals surface area contributed by atoms with Crippen molar-refractivity contribution in [2.24, 2.45) is 0 Å². The van der Waals surface area contributed by atoms with Crippen LogP contribution in [0.4, 0.5) is 5.88 Å². The summed E-state index contributed by atoms with van der Waals surface area (Å²) in [6.07, 6.45) is 0. The van der Waals surface area contributed by atoms with Gasteiger partial charge in [-0.05, 0) is 14.0 Å². The average Bonchev–Trinajstić information content (AvgIpc) is 3.19. The second kappa shape index (κ2) is 6.75. The van der Waals surface area contributed by atoms with Crippen molar-refractivity contribution in [3.8, 4) is 17.7 Å². The number of hydrogen-bond donors (Lipinski definition) is 0. The molecule has 1 saturated heterocycles. The Bertz CT molecular complexity index is 946. The fraction of sp³-hybridized carbons (Fsp3) is 0.500. The van der Waals surface area contributed by atoms with Crippen molar-refractivity contribution < 1.29 is 17.3 Å². The highest BCUT2D eigenvalue weighted by Gasteiger charge is 2.28. The molecule has 0 atom stereocenters. The van der Waals surface area contributed by atoms with Gasteiger partial charge in [-0.3, -0.25) is 0 Å². The fourth-order valence-electron chi connectivity index (χ4n) is 2.74. The quantitative estimate of drug-likeness (QED) is 0.778. The van der Waals surface area contributed by atoms with E-state index in [1.54, 1.807) is 6.92 Å². The molecule has 140 valence electrons. The molecular weight excluding hydrogens is 358 g/mol. The first-order chi connectivity index (χ1) is 12.2. The van der Waals surface area contributed by atoms with Gasteiger partial charge in [0.15, 0.2) is 5.76 Å². The van der Waals surface area contributed by atoms with Crippen molar-refractivity contribution in [3.63, 3.8) is 0 Å². The number of likely N-dealkylation sites (N-methyl/N-ethyl adjacent to an activating group) is 1. The van der Waals surface area contributed by atoms with Gasteiger partial charge in [0.05, 0.1) is 0 Å². The molecule has 1 aliphatic heterocycles. The van der Waals surface area contributed by atoms with E-state index in [9.17, 15) is 13.7 Å². The molecular formula is C16H21N5O4S. The highest BCUT2D eigenvalue weighted by atomic mass is 32.2. The standard InChI is InChI=1S/C16H21N5O4S/c1-11-14(26(22,23)19(2)3)9-13(24-11)15-18-12(10-17)16(25-15)21-7-5-20(4)6-8-21/h9H,5-8H2,1-4H3. The Balaban J connectivity index is 1.98. The third-order valence-corrected chi connectivity index (χ3v) is 6.27. The van der Waals surface area contributed by atoms with Gasteiger partial charge < -0.3 is 18.6 Å². The van der Waals surface area contributed by atoms with E-state index in [0.717, 1.165) is 30.5 Å². The van der Waals surface area contributed by atoms with Crippen LogP contribution in [0, 0.1) is 18.3 Å². The molecule has 0 bridgehead atoms. The number of anilines is 1. The van der Waals surface area contributed by atoms with Gasteiger partial charge >= 0.3 is 0 Å². The van der Waals surface area contributed by atoms with Crippen LogP contribution < -0.4 is 4.90 Å². The summed E-state index contributed by atoms with van der Waals surface area (Å²) >= 11 is 0. The predicted octanol–water partition coefficient (Wildman–Crippen LogP) is 1.12. The van der Waals surface area contributed by atoms with E-state index in [0.29, 0.717) is 5.88 Å². The number of nitrogens with zero attached hydrogens (tertiary/aromatic N) is 5. The normalized spacial score (nSPS) is 16.2. The lowest BCUT2D eigenvalue weighted by Gasteiger charge is -2.31. The highest BCUT2D eigenvalue weighted by Crippen LogP contribution is 2.33. The maximum absolute atomic E-state index is 12.4. The predicted molar refractivity (Wildman–Crippen MR) is 94.2 cm³/mol. The summed E-state index contributed by atoms with van der Waals surface area (Å²) in [5, 5.41) is 9.38. The largest absolute Gasteiger partial charge is 0.455 e. The van der Waals surface area contributed by atoms with Gasteiger partial charge in [0, 0.05) is 46.3 Å². The first-order valence-corrected chi connectivity index (χ1v) is 9.55. The summed E-state index contributed by atoms with van der Waals surface area (Å²) in [6.45, 7) is 4.71. The zero-order valence-electron chi connectivity index (χ0n) is 15.2. The SMILES string of the molecule is Cc1oc(-c2nc(C#N)c(N3CCN(C)CC3)o2)cc1S(=O)(=O)N(C)C. The molecule has 0 aliphatic carbocycles. The molecule has 10 heteroatoms. The number of hydrogen-bond acceptors (Lipinski definition) is 8. The summed E-state index contributed by atoms with van der Waals surface area (Å²) < 4.78 is 37.2. The van der Waals surface area contributed by atoms with Gasteiger partial charge in [-0.25, -0.2) is 12.7 Å². The van der Waals surface area contributed by atoms with Crippen molar-refractivity contribution in [1.29, 1.82) is 5.26 Å². The van der Waals surface area contributed by atoms with Crippen molar-refractivity contribution in [2.75, 3.05) is 52.2 Å². The third-order valence-electron chi connectivity index (χ3n) is 4.35. The minimum absolute atomic E-state index is 0.0513. The Hall–Kier alpha value is -2.35. The van der Waals surface area contributed by atoms with E-state index in [1.807, 2.05) is 18.0 Å². The second-order valence-corrected chi connectivity index (χ2v) is 8.51. The topological polar surface area (TPSA) is 107 Å². The molecule has 0 aromatic carbocycles. The Labute approximate surface area is 152 Å². The second-order valence-electron chi connectivity index (χ2n) is 6.39. The Morgan fingerprint density at radius 1 is 1.23 bits per heavy atom. The van der Waals surface area contributed by atoms with Gasteiger partial charge in [0.2, 0.25) is 21.6 Å². The first kappa shape index (κ1) is 18.4. The van der Waals surface area contributed by atoms with Crippen LogP contribution in [0.15, 0.2) is 19.8 Å². The fourth-order valence-corrected chi connectivity index (χ4v) is 3.79. The van der Waals surface area contributed by atoms with E-state index >= 15 is 0 Å². The summed E-state index contributed by atoms with van der Waals surface area (Å²) in [6, 6.07) is 3.42. The van der Waals surface area contributed by atoms with E-state index in [-0.39, 0.29) is 28.0 Å². The van der Waals surface area contributed by atoms with Crippen LogP contribution in [-0.4, -0.2) is 69.9 Å². The summed E-state index contributed by atoms with van der Waals surface area (Å²) in [5.41, 5.74) is 0.163. The number of rotatable bonds is 4. The van der Waals surface area contributed by atoms with Crippen LogP contribution >= 0.6 is 0 Å². The third kappa shape index (κ3) is 3.21. The number of nitriles is 1. The molecule has 0 unspecified atom stereocenters. The summed E-state index contributed by atoms with van der Waals surface area (Å²) in [4.78, 5) is 8.39. The van der Waals surface area contributed by atoms with Gasteiger partial charge in [-0.2, -0.15) is 10.2 Å². The Morgan fingerprint density at radius 2 is 1.88 bits per heavy atom. The lowest BCUT2D eigenvalue weighted by Crippen LogP contribution is -2.44. The molecule has 0 amide bonds. The van der Waals surface area contributed by atoms with Crippen LogP contribution in [0.2, 0.25) is 0 Å². The van der Waals surface area contributed by atoms with Crippen molar-refractivity contribution >= 4 is 15.9 Å². The minimum Gasteiger partial charge on any atom is -0.455 e. The zero-order chi connectivity index (χ0) is 19.1. The molecule has 3 rings (SSSR count). The van der Waals surface area contributed by atoms with Crippen LogP contribution in [0.1, 0.15) is 11.5 Å². The highest BCUT2D eigenvalue weighted by molar-refractivity contribution is 7.89. The van der Waals surface area contributed by atoms with Gasteiger partial charge in [-0.1, -0.05) is 0 Å². The zero-order valence-corrected chi connectivity index (χ0v) is 16.0. The molecule has 2 aromatic rings. The van der Waals surface area contributed by atoms with Crippen molar-refractivity contribution in [2.45, 2.75) is 11.8 Å². The van der Waals surface area contributed by atoms with Crippen LogP contribution in [-0.2, 0) is 10.0 Å². The average molecular weight is 379 g/mol. The number of piperazine rings is 1. The van der Waals surface area contributed by atoms with Gasteiger partial charge in [0.25, 0.3) is 5.89 Å². The smallest absolute Gasteiger partial charge is 0.266 e. The Morgan fingerprint density at radius 3 is 2.46 bits per heavy atom. The summed E-state index contributed by atoms with van der Waals surface area (Å²) in [5.74, 6) is 0.909. The number of furan rings is 1. The molecule has 26 heavy (non-hydrogen) atoms. The molecule has 1 aliphatic rings. The minimum atomic E-state index is -3.64. The van der Waals surface area contributed by atoms with Gasteiger partial charge in [-0.15, -0.1) is 0 Å². The molecule has 3 heterocycles. The van der Waals surface area contributed by atoms with Gasteiger partial charge in [0.1, 0.15) is 16.7 Å². The number of aromatic nitrogens is 1. The first-order valence-electron chi connectivity index (χ1n) is 8.11. The van der Waals surface area contributed by atoms with Crippen LogP contribution in [0.25, 0.3) is 11.7 Å². The molecule has 0 saturated carbocycles. The molecule has 9 nitrogen and oxygen atoms in total. The molecule has 0 radical (unpaired) electrons. The lowest BCUT2D eigenvalue weighted by molar-refractivity contribution is 0.306. The number of sulfonamides is 1. The van der Waals surface area contributed by atoms with Crippen LogP contribution in [0.5, 0.6) is 0 Å². The van der Waals surface area contributed by atoms with Crippen LogP contribution in [0.3, 0.4) is 0 Å². The van der Waals surface area contributed by atoms with E-state index in [1.165, 1.54) is 20.2 Å². The monoisotopic (exact) mass is 379 g/mol. The number of oxazole rings is 1. The molecule has 0 N–H and O–H groups in total. The Kier molecular flexibility index (Phi) is 4.79. The maximum atomic E-state index is 12.4. The molecule has 0 spiro atoms. The van der Waals surface area contributed by atoms with E-state index in [4.69, 9.17) is 8.83 Å². The molecule has 1 fully saturated rings. The molecule has 2 aromatic heterocycles. The maximum Gasteiger partial charge on any atom is 0.266 e. The van der Waals surface area contributed by atoms with E-state index < -0.39 is 10.0 Å². The van der Waals surface area contributed by atoms with Crippen molar-refractivity contribution in [1.82, 2.24) is 14.2 Å². The van der Waals surface area contributed by atoms with E-state index in [2.05, 4.69) is 9.88 Å².